The molecule has 122 valence electrons. The van der Waals surface area contributed by atoms with E-state index >= 15 is 0 Å². The topological polar surface area (TPSA) is 66.4 Å². The first-order valence-corrected chi connectivity index (χ1v) is 8.11. The number of nitrogens with one attached hydrogen (secondary N) is 1. The first kappa shape index (κ1) is 16.9. The Balaban J connectivity index is 2.14. The van der Waals surface area contributed by atoms with E-state index < -0.39 is 17.8 Å². The molecule has 1 aromatic rings. The zero-order valence-corrected chi connectivity index (χ0v) is 13.4. The molecule has 0 radical (unpaired) electrons. The second-order valence-electron chi connectivity index (χ2n) is 5.62. The zero-order chi connectivity index (χ0) is 16.5. The summed E-state index contributed by atoms with van der Waals surface area (Å²) in [7, 11) is 0. The van der Waals surface area contributed by atoms with Gasteiger partial charge in [0.15, 0.2) is 0 Å². The maximum Gasteiger partial charge on any atom is 0.339 e. The van der Waals surface area contributed by atoms with Crippen molar-refractivity contribution in [1.82, 2.24) is 0 Å². The highest BCUT2D eigenvalue weighted by molar-refractivity contribution is 7.16. The van der Waals surface area contributed by atoms with Gasteiger partial charge in [-0.2, -0.15) is 0 Å². The molecule has 1 aliphatic carbocycles. The van der Waals surface area contributed by atoms with E-state index in [-0.39, 0.29) is 37.2 Å². The fourth-order valence-corrected chi connectivity index (χ4v) is 3.98. The van der Waals surface area contributed by atoms with E-state index in [1.165, 1.54) is 11.3 Å². The normalized spacial score (nSPS) is 18.2. The molecule has 0 aliphatic heterocycles. The van der Waals surface area contributed by atoms with Crippen molar-refractivity contribution in [3.63, 3.8) is 0 Å². The summed E-state index contributed by atoms with van der Waals surface area (Å²) in [5.41, 5.74) is 0.836. The van der Waals surface area contributed by atoms with E-state index in [0.717, 1.165) is 4.88 Å². The molecule has 0 unspecified atom stereocenters. The van der Waals surface area contributed by atoms with E-state index in [1.807, 2.05) is 13.8 Å². The van der Waals surface area contributed by atoms with Gasteiger partial charge >= 0.3 is 5.97 Å². The van der Waals surface area contributed by atoms with E-state index in [9.17, 15) is 23.5 Å². The van der Waals surface area contributed by atoms with Crippen molar-refractivity contribution in [2.75, 3.05) is 5.32 Å². The molecule has 0 atom stereocenters. The lowest BCUT2D eigenvalue weighted by atomic mass is 9.86. The third-order valence-electron chi connectivity index (χ3n) is 4.10. The monoisotopic (exact) mass is 331 g/mol. The predicted octanol–water partition coefficient (Wildman–Crippen LogP) is 4.08. The van der Waals surface area contributed by atoms with Gasteiger partial charge in [0.2, 0.25) is 11.8 Å². The summed E-state index contributed by atoms with van der Waals surface area (Å²) in [6.07, 6.45) is 0.245. The molecule has 2 rings (SSSR count). The lowest BCUT2D eigenvalue weighted by molar-refractivity contribution is -0.123. The number of aromatic carboxylic acids is 1. The smallest absolute Gasteiger partial charge is 0.339 e. The molecule has 1 fully saturated rings. The number of anilines is 1. The molecule has 0 bridgehead atoms. The number of carboxylic acid groups (broad SMARTS) is 1. The number of halogens is 2. The van der Waals surface area contributed by atoms with Gasteiger partial charge in [0.25, 0.3) is 0 Å². The summed E-state index contributed by atoms with van der Waals surface area (Å²) < 4.78 is 26.3. The fraction of sp³-hybridized carbons (Fsp3) is 0.600. The van der Waals surface area contributed by atoms with Gasteiger partial charge in [0.1, 0.15) is 5.00 Å². The SMILES string of the molecule is CCc1c(C)sc(NC(=O)C2CCC(F)(F)CC2)c1C(=O)O. The van der Waals surface area contributed by atoms with Gasteiger partial charge in [0, 0.05) is 23.6 Å². The number of alkyl halides is 2. The average Bonchev–Trinajstić information content (AvgIpc) is 2.74. The largest absolute Gasteiger partial charge is 0.478 e. The van der Waals surface area contributed by atoms with Crippen molar-refractivity contribution < 1.29 is 23.5 Å². The van der Waals surface area contributed by atoms with Crippen LogP contribution in [0.1, 0.15) is 53.4 Å². The van der Waals surface area contributed by atoms with E-state index in [0.29, 0.717) is 17.0 Å². The summed E-state index contributed by atoms with van der Waals surface area (Å²) in [6, 6.07) is 0. The van der Waals surface area contributed by atoms with Crippen LogP contribution in [0.2, 0.25) is 0 Å². The average molecular weight is 331 g/mol. The minimum absolute atomic E-state index is 0.125. The summed E-state index contributed by atoms with van der Waals surface area (Å²) in [5, 5.41) is 12.3. The van der Waals surface area contributed by atoms with E-state index in [1.54, 1.807) is 0 Å². The van der Waals surface area contributed by atoms with Gasteiger partial charge < -0.3 is 10.4 Å². The Kier molecular flexibility index (Phi) is 4.84. The van der Waals surface area contributed by atoms with Crippen LogP contribution in [-0.2, 0) is 11.2 Å². The van der Waals surface area contributed by atoms with Crippen molar-refractivity contribution in [2.24, 2.45) is 5.92 Å². The standard InChI is InChI=1S/C15H19F2NO3S/c1-3-10-8(2)22-13(11(10)14(20)21)18-12(19)9-4-6-15(16,17)7-5-9/h9H,3-7H2,1-2H3,(H,18,19)(H,20,21). The van der Waals surface area contributed by atoms with Crippen LogP contribution in [0, 0.1) is 12.8 Å². The molecule has 7 heteroatoms. The maximum atomic E-state index is 13.1. The van der Waals surface area contributed by atoms with Crippen LogP contribution < -0.4 is 5.32 Å². The molecule has 2 N–H and O–H groups in total. The molecular weight excluding hydrogens is 312 g/mol. The van der Waals surface area contributed by atoms with Crippen LogP contribution >= 0.6 is 11.3 Å². The second kappa shape index (κ2) is 6.32. The van der Waals surface area contributed by atoms with Gasteiger partial charge in [-0.3, -0.25) is 4.79 Å². The van der Waals surface area contributed by atoms with Crippen molar-refractivity contribution in [3.8, 4) is 0 Å². The molecule has 0 spiro atoms. The number of rotatable bonds is 4. The van der Waals surface area contributed by atoms with Crippen LogP contribution in [0.25, 0.3) is 0 Å². The van der Waals surface area contributed by atoms with Crippen molar-refractivity contribution >= 4 is 28.2 Å². The quantitative estimate of drug-likeness (QED) is 0.873. The molecule has 4 nitrogen and oxygen atoms in total. The van der Waals surface area contributed by atoms with Gasteiger partial charge in [-0.15, -0.1) is 11.3 Å². The highest BCUT2D eigenvalue weighted by Crippen LogP contribution is 2.38. The van der Waals surface area contributed by atoms with E-state index in [4.69, 9.17) is 0 Å². The molecule has 1 heterocycles. The van der Waals surface area contributed by atoms with Crippen molar-refractivity contribution in [1.29, 1.82) is 0 Å². The molecular formula is C15H19F2NO3S. The first-order valence-electron chi connectivity index (χ1n) is 7.29. The number of aryl methyl sites for hydroxylation is 1. The molecule has 0 aromatic carbocycles. The van der Waals surface area contributed by atoms with Gasteiger partial charge in [-0.05, 0) is 31.7 Å². The predicted molar refractivity (Wildman–Crippen MR) is 80.9 cm³/mol. The minimum atomic E-state index is -2.68. The van der Waals surface area contributed by atoms with Gasteiger partial charge in [-0.1, -0.05) is 6.92 Å². The number of hydrogen-bond acceptors (Lipinski definition) is 3. The highest BCUT2D eigenvalue weighted by Gasteiger charge is 2.37. The number of amides is 1. The Morgan fingerprint density at radius 1 is 1.36 bits per heavy atom. The fourth-order valence-electron chi connectivity index (χ4n) is 2.84. The third-order valence-corrected chi connectivity index (χ3v) is 5.16. The second-order valence-corrected chi connectivity index (χ2v) is 6.84. The molecule has 22 heavy (non-hydrogen) atoms. The van der Waals surface area contributed by atoms with E-state index in [2.05, 4.69) is 5.32 Å². The minimum Gasteiger partial charge on any atom is -0.478 e. The summed E-state index contributed by atoms with van der Waals surface area (Å²) in [6.45, 7) is 3.67. The van der Waals surface area contributed by atoms with Crippen LogP contribution in [0.4, 0.5) is 13.8 Å². The van der Waals surface area contributed by atoms with Crippen molar-refractivity contribution in [3.05, 3.63) is 16.0 Å². The summed E-state index contributed by atoms with van der Waals surface area (Å²) in [4.78, 5) is 24.5. The maximum absolute atomic E-state index is 13.1. The Morgan fingerprint density at radius 2 is 1.95 bits per heavy atom. The molecule has 1 aliphatic rings. The Labute approximate surface area is 131 Å². The van der Waals surface area contributed by atoms with Crippen LogP contribution in [0.5, 0.6) is 0 Å². The lowest BCUT2D eigenvalue weighted by Crippen LogP contribution is -2.31. The Bertz CT molecular complexity index is 588. The van der Waals surface area contributed by atoms with Crippen molar-refractivity contribution in [2.45, 2.75) is 51.9 Å². The molecule has 0 saturated heterocycles. The van der Waals surface area contributed by atoms with Crippen LogP contribution in [0.3, 0.4) is 0 Å². The molecule has 1 saturated carbocycles. The summed E-state index contributed by atoms with van der Waals surface area (Å²) >= 11 is 1.23. The van der Waals surface area contributed by atoms with Crippen LogP contribution in [0.15, 0.2) is 0 Å². The summed E-state index contributed by atoms with van der Waals surface area (Å²) in [5.74, 6) is -4.60. The molecule has 1 aromatic heterocycles. The zero-order valence-electron chi connectivity index (χ0n) is 12.5. The van der Waals surface area contributed by atoms with Crippen LogP contribution in [-0.4, -0.2) is 22.9 Å². The number of carbonyl (C=O) groups excluding carboxylic acids is 1. The first-order chi connectivity index (χ1) is 10.2. The van der Waals surface area contributed by atoms with Gasteiger partial charge in [-0.25, -0.2) is 13.6 Å². The Hall–Kier alpha value is -1.50. The number of carboxylic acids is 1. The third kappa shape index (κ3) is 3.45. The number of thiophene rings is 1. The molecule has 1 amide bonds. The Morgan fingerprint density at radius 3 is 2.45 bits per heavy atom. The highest BCUT2D eigenvalue weighted by atomic mass is 32.1. The number of carbonyl (C=O) groups is 2. The number of hydrogen-bond donors (Lipinski definition) is 2. The lowest BCUT2D eigenvalue weighted by Gasteiger charge is -2.27. The van der Waals surface area contributed by atoms with Gasteiger partial charge in [0.05, 0.1) is 5.56 Å².